The predicted octanol–water partition coefficient (Wildman–Crippen LogP) is 3.22. The van der Waals surface area contributed by atoms with E-state index in [2.05, 4.69) is 19.3 Å². The molecule has 0 spiro atoms. The number of hydrogen-bond acceptors (Lipinski definition) is 5. The number of hydrazine groups is 1. The molecule has 0 aromatic heterocycles. The summed E-state index contributed by atoms with van der Waals surface area (Å²) in [6.07, 6.45) is 3.48. The monoisotopic (exact) mass is 293 g/mol. The third-order valence-electron chi connectivity index (χ3n) is 4.48. The van der Waals surface area contributed by atoms with E-state index in [1.165, 1.54) is 18.6 Å². The minimum absolute atomic E-state index is 0.0539. The van der Waals surface area contributed by atoms with Gasteiger partial charge in [-0.1, -0.05) is 13.8 Å². The number of nitrogens with two attached hydrogens (primary N) is 1. The van der Waals surface area contributed by atoms with Crippen LogP contribution in [0.2, 0.25) is 0 Å². The van der Waals surface area contributed by atoms with Crippen LogP contribution in [0.1, 0.15) is 38.7 Å². The molecule has 0 saturated heterocycles. The lowest BCUT2D eigenvalue weighted by molar-refractivity contribution is -0.384. The highest BCUT2D eigenvalue weighted by molar-refractivity contribution is 5.55. The van der Waals surface area contributed by atoms with Crippen LogP contribution in [-0.2, 0) is 11.3 Å². The Morgan fingerprint density at radius 2 is 2.14 bits per heavy atom. The summed E-state index contributed by atoms with van der Waals surface area (Å²) in [5, 5.41) is 10.9. The van der Waals surface area contributed by atoms with Crippen LogP contribution in [0.4, 0.5) is 11.4 Å². The zero-order valence-corrected chi connectivity index (χ0v) is 12.5. The largest absolute Gasteiger partial charge is 0.373 e. The summed E-state index contributed by atoms with van der Waals surface area (Å²) in [6.45, 7) is 4.87. The van der Waals surface area contributed by atoms with E-state index >= 15 is 0 Å². The van der Waals surface area contributed by atoms with Crippen LogP contribution in [0, 0.1) is 22.0 Å². The lowest BCUT2D eigenvalue weighted by Crippen LogP contribution is -2.26. The van der Waals surface area contributed by atoms with E-state index in [0.717, 1.165) is 24.3 Å². The van der Waals surface area contributed by atoms with Gasteiger partial charge in [-0.05, 0) is 37.2 Å². The fourth-order valence-electron chi connectivity index (χ4n) is 2.81. The van der Waals surface area contributed by atoms with Gasteiger partial charge in [0, 0.05) is 17.7 Å². The number of ether oxygens (including phenoxy) is 1. The van der Waals surface area contributed by atoms with E-state index in [0.29, 0.717) is 18.2 Å². The summed E-state index contributed by atoms with van der Waals surface area (Å²) < 4.78 is 5.95. The summed E-state index contributed by atoms with van der Waals surface area (Å²) in [7, 11) is 0. The first kappa shape index (κ1) is 15.7. The van der Waals surface area contributed by atoms with Crippen molar-refractivity contribution in [2.75, 3.05) is 5.43 Å². The Balaban J connectivity index is 2.02. The summed E-state index contributed by atoms with van der Waals surface area (Å²) in [4.78, 5) is 10.4. The van der Waals surface area contributed by atoms with E-state index in [1.807, 2.05) is 0 Å². The molecule has 116 valence electrons. The molecule has 2 rings (SSSR count). The van der Waals surface area contributed by atoms with Crippen LogP contribution in [0.15, 0.2) is 18.2 Å². The highest BCUT2D eigenvalue weighted by atomic mass is 16.6. The quantitative estimate of drug-likeness (QED) is 0.494. The van der Waals surface area contributed by atoms with Crippen LogP contribution in [0.5, 0.6) is 0 Å². The molecule has 0 amide bonds. The first-order valence-corrected chi connectivity index (χ1v) is 7.36. The van der Waals surface area contributed by atoms with Gasteiger partial charge in [-0.25, -0.2) is 0 Å². The first-order chi connectivity index (χ1) is 10.0. The number of nitrogen functional groups attached to an aromatic ring is 1. The lowest BCUT2D eigenvalue weighted by atomic mass is 9.80. The SMILES string of the molecule is CC1CCC(OCc2cc([N+](=O)[O-])ccc2NN)CC1C. The Labute approximate surface area is 124 Å². The Hall–Kier alpha value is -1.66. The number of nitrogens with zero attached hydrogens (tertiary/aromatic N) is 1. The summed E-state index contributed by atoms with van der Waals surface area (Å²) >= 11 is 0. The van der Waals surface area contributed by atoms with E-state index in [-0.39, 0.29) is 11.8 Å². The molecule has 6 heteroatoms. The van der Waals surface area contributed by atoms with Crippen molar-refractivity contribution < 1.29 is 9.66 Å². The maximum Gasteiger partial charge on any atom is 0.269 e. The van der Waals surface area contributed by atoms with Gasteiger partial charge in [0.05, 0.1) is 23.3 Å². The molecule has 21 heavy (non-hydrogen) atoms. The fourth-order valence-corrected chi connectivity index (χ4v) is 2.81. The van der Waals surface area contributed by atoms with E-state index in [1.54, 1.807) is 6.07 Å². The van der Waals surface area contributed by atoms with Crippen molar-refractivity contribution in [2.24, 2.45) is 17.7 Å². The Morgan fingerprint density at radius 3 is 2.76 bits per heavy atom. The number of nitro benzene ring substituents is 1. The standard InChI is InChI=1S/C15H23N3O3/c1-10-3-5-14(7-11(10)2)21-9-12-8-13(18(19)20)4-6-15(12)17-16/h4,6,8,10-11,14,17H,3,5,7,9,16H2,1-2H3. The topological polar surface area (TPSA) is 90.4 Å². The number of benzene rings is 1. The van der Waals surface area contributed by atoms with Crippen LogP contribution in [0.3, 0.4) is 0 Å². The molecular weight excluding hydrogens is 270 g/mol. The van der Waals surface area contributed by atoms with Crippen molar-refractivity contribution in [3.05, 3.63) is 33.9 Å². The molecule has 6 nitrogen and oxygen atoms in total. The molecule has 1 fully saturated rings. The van der Waals surface area contributed by atoms with E-state index in [9.17, 15) is 10.1 Å². The second-order valence-corrected chi connectivity index (χ2v) is 5.94. The lowest BCUT2D eigenvalue weighted by Gasteiger charge is -2.32. The van der Waals surface area contributed by atoms with Crippen molar-refractivity contribution >= 4 is 11.4 Å². The van der Waals surface area contributed by atoms with Gasteiger partial charge in [0.25, 0.3) is 5.69 Å². The van der Waals surface area contributed by atoms with E-state index < -0.39 is 4.92 Å². The second kappa shape index (κ2) is 6.87. The second-order valence-electron chi connectivity index (χ2n) is 5.94. The Kier molecular flexibility index (Phi) is 5.14. The molecule has 3 atom stereocenters. The number of non-ortho nitro benzene ring substituents is 1. The minimum Gasteiger partial charge on any atom is -0.373 e. The molecule has 0 radical (unpaired) electrons. The van der Waals surface area contributed by atoms with Gasteiger partial charge in [0.2, 0.25) is 0 Å². The molecule has 1 saturated carbocycles. The molecular formula is C15H23N3O3. The molecule has 1 aliphatic rings. The van der Waals surface area contributed by atoms with Crippen LogP contribution in [-0.4, -0.2) is 11.0 Å². The average molecular weight is 293 g/mol. The van der Waals surface area contributed by atoms with Gasteiger partial charge in [-0.2, -0.15) is 0 Å². The third-order valence-corrected chi connectivity index (χ3v) is 4.48. The molecule has 3 unspecified atom stereocenters. The molecule has 1 aliphatic carbocycles. The number of hydrogen-bond donors (Lipinski definition) is 2. The van der Waals surface area contributed by atoms with Crippen LogP contribution >= 0.6 is 0 Å². The molecule has 1 aromatic rings. The number of rotatable bonds is 5. The van der Waals surface area contributed by atoms with Gasteiger partial charge in [0.1, 0.15) is 0 Å². The van der Waals surface area contributed by atoms with Crippen molar-refractivity contribution in [3.63, 3.8) is 0 Å². The maximum atomic E-state index is 10.9. The normalized spacial score (nSPS) is 25.6. The zero-order valence-electron chi connectivity index (χ0n) is 12.5. The van der Waals surface area contributed by atoms with Gasteiger partial charge in [-0.15, -0.1) is 0 Å². The van der Waals surface area contributed by atoms with Gasteiger partial charge in [-0.3, -0.25) is 16.0 Å². The third kappa shape index (κ3) is 3.92. The average Bonchev–Trinajstić information content (AvgIpc) is 2.48. The molecule has 1 aromatic carbocycles. The van der Waals surface area contributed by atoms with Crippen LogP contribution < -0.4 is 11.3 Å². The summed E-state index contributed by atoms with van der Waals surface area (Å²) in [5.74, 6) is 6.84. The minimum atomic E-state index is -0.409. The van der Waals surface area contributed by atoms with Gasteiger partial charge in [0.15, 0.2) is 0 Å². The predicted molar refractivity (Wildman–Crippen MR) is 81.7 cm³/mol. The van der Waals surface area contributed by atoms with E-state index in [4.69, 9.17) is 10.6 Å². The van der Waals surface area contributed by atoms with Crippen molar-refractivity contribution in [3.8, 4) is 0 Å². The number of anilines is 1. The Morgan fingerprint density at radius 1 is 1.38 bits per heavy atom. The first-order valence-electron chi connectivity index (χ1n) is 7.36. The van der Waals surface area contributed by atoms with Crippen molar-refractivity contribution in [1.29, 1.82) is 0 Å². The molecule has 0 aliphatic heterocycles. The van der Waals surface area contributed by atoms with Gasteiger partial charge < -0.3 is 10.2 Å². The highest BCUT2D eigenvalue weighted by Crippen LogP contribution is 2.32. The fraction of sp³-hybridized carbons (Fsp3) is 0.600. The Bertz CT molecular complexity index is 507. The number of nitro groups is 1. The van der Waals surface area contributed by atoms with Crippen LogP contribution in [0.25, 0.3) is 0 Å². The molecule has 0 bridgehead atoms. The summed E-state index contributed by atoms with van der Waals surface area (Å²) in [5.41, 5.74) is 4.00. The maximum absolute atomic E-state index is 10.9. The number of nitrogens with one attached hydrogen (secondary N) is 1. The molecule has 0 heterocycles. The van der Waals surface area contributed by atoms with Crippen molar-refractivity contribution in [1.82, 2.24) is 0 Å². The van der Waals surface area contributed by atoms with Gasteiger partial charge >= 0.3 is 0 Å². The smallest absolute Gasteiger partial charge is 0.269 e. The van der Waals surface area contributed by atoms with Crippen molar-refractivity contribution in [2.45, 2.75) is 45.8 Å². The molecule has 3 N–H and O–H groups in total. The zero-order chi connectivity index (χ0) is 15.4. The summed E-state index contributed by atoms with van der Waals surface area (Å²) in [6, 6.07) is 4.57. The highest BCUT2D eigenvalue weighted by Gasteiger charge is 2.25.